The monoisotopic (exact) mass is 431 g/mol. The molecule has 8 heteroatoms. The van der Waals surface area contributed by atoms with Crippen molar-refractivity contribution >= 4 is 17.8 Å². The van der Waals surface area contributed by atoms with Crippen LogP contribution < -0.4 is 11.1 Å². The molecule has 2 rings (SSSR count). The first-order valence-electron chi connectivity index (χ1n) is 10.7. The lowest BCUT2D eigenvalue weighted by molar-refractivity contribution is -0.150. The van der Waals surface area contributed by atoms with Crippen LogP contribution in [0, 0.1) is 5.92 Å². The zero-order valence-electron chi connectivity index (χ0n) is 18.0. The number of benzene rings is 1. The number of hydrogen-bond acceptors (Lipinski definition) is 6. The van der Waals surface area contributed by atoms with Gasteiger partial charge in [0.05, 0.1) is 19.1 Å². The van der Waals surface area contributed by atoms with Gasteiger partial charge in [-0.05, 0) is 31.7 Å². The quantitative estimate of drug-likeness (QED) is 0.458. The van der Waals surface area contributed by atoms with E-state index >= 15 is 0 Å². The molecule has 0 aromatic heterocycles. The smallest absolute Gasteiger partial charge is 0.323 e. The van der Waals surface area contributed by atoms with Crippen LogP contribution in [0.2, 0.25) is 0 Å². The van der Waals surface area contributed by atoms with Gasteiger partial charge in [-0.15, -0.1) is 0 Å². The number of cyclic esters (lactones) is 1. The summed E-state index contributed by atoms with van der Waals surface area (Å²) in [7, 11) is 0. The lowest BCUT2D eigenvalue weighted by Crippen LogP contribution is -2.41. The van der Waals surface area contributed by atoms with Gasteiger partial charge in [0.15, 0.2) is 0 Å². The number of allylic oxidation sites excluding steroid dienone is 2. The highest BCUT2D eigenvalue weighted by atomic mass is 16.5. The summed E-state index contributed by atoms with van der Waals surface area (Å²) in [4.78, 5) is 39.2. The lowest BCUT2D eigenvalue weighted by atomic mass is 9.98. The molecular formula is C23H33N3O5. The zero-order chi connectivity index (χ0) is 22.6. The molecule has 1 aromatic carbocycles. The Morgan fingerprint density at radius 2 is 2.00 bits per heavy atom. The summed E-state index contributed by atoms with van der Waals surface area (Å²) < 4.78 is 5.27. The van der Waals surface area contributed by atoms with E-state index in [1.54, 1.807) is 11.8 Å². The van der Waals surface area contributed by atoms with Crippen molar-refractivity contribution in [2.75, 3.05) is 19.7 Å². The maximum absolute atomic E-state index is 13.0. The highest BCUT2D eigenvalue weighted by molar-refractivity contribution is 5.86. The van der Waals surface area contributed by atoms with Crippen LogP contribution in [0.3, 0.4) is 0 Å². The van der Waals surface area contributed by atoms with Crippen molar-refractivity contribution in [3.05, 3.63) is 48.0 Å². The van der Waals surface area contributed by atoms with Crippen molar-refractivity contribution in [2.24, 2.45) is 11.7 Å². The van der Waals surface area contributed by atoms with Crippen LogP contribution in [-0.4, -0.2) is 59.6 Å². The minimum absolute atomic E-state index is 0.0245. The summed E-state index contributed by atoms with van der Waals surface area (Å²) in [5.74, 6) is -1.51. The molecule has 0 fully saturated rings. The molecule has 0 spiro atoms. The first-order valence-corrected chi connectivity index (χ1v) is 10.7. The summed E-state index contributed by atoms with van der Waals surface area (Å²) in [6.07, 6.45) is 4.66. The second kappa shape index (κ2) is 12.9. The number of aliphatic hydroxyl groups excluding tert-OH is 1. The number of nitrogens with zero attached hydrogens (tertiary/aromatic N) is 1. The number of rotatable bonds is 6. The van der Waals surface area contributed by atoms with Crippen LogP contribution in [0.4, 0.5) is 0 Å². The molecule has 2 amide bonds. The molecule has 170 valence electrons. The standard InChI is InChI=1S/C23H33N3O5/c1-17-15-25-22(29)19(10-6-3-7-11-20(24)23(30)31-17)14-21(28)26(12-13-27)16-18-8-4-2-5-9-18/h2-6,8-9,17,19-20,27H,7,10-16,24H2,1H3,(H,25,29)/t17-,19+,20-/m0/s1. The number of nitrogens with two attached hydrogens (primary N) is 1. The summed E-state index contributed by atoms with van der Waals surface area (Å²) in [5, 5.41) is 12.2. The molecule has 1 aliphatic heterocycles. The fourth-order valence-electron chi connectivity index (χ4n) is 3.33. The Kier molecular flexibility index (Phi) is 10.2. The first kappa shape index (κ1) is 24.6. The van der Waals surface area contributed by atoms with Crippen LogP contribution in [0.1, 0.15) is 38.2 Å². The van der Waals surface area contributed by atoms with E-state index in [0.29, 0.717) is 25.8 Å². The van der Waals surface area contributed by atoms with Crippen molar-refractivity contribution in [3.63, 3.8) is 0 Å². The highest BCUT2D eigenvalue weighted by Gasteiger charge is 2.25. The fourth-order valence-corrected chi connectivity index (χ4v) is 3.33. The minimum Gasteiger partial charge on any atom is -0.460 e. The third-order valence-corrected chi connectivity index (χ3v) is 5.15. The Bertz CT molecular complexity index is 753. The maximum atomic E-state index is 13.0. The van der Waals surface area contributed by atoms with Crippen LogP contribution in [0.15, 0.2) is 42.5 Å². The number of nitrogens with one attached hydrogen (secondary N) is 1. The van der Waals surface area contributed by atoms with Crippen LogP contribution in [0.5, 0.6) is 0 Å². The summed E-state index contributed by atoms with van der Waals surface area (Å²) in [6.45, 7) is 2.25. The molecule has 0 aliphatic carbocycles. The van der Waals surface area contributed by atoms with Gasteiger partial charge in [0, 0.05) is 19.5 Å². The van der Waals surface area contributed by atoms with E-state index < -0.39 is 24.0 Å². The predicted molar refractivity (Wildman–Crippen MR) is 117 cm³/mol. The number of esters is 1. The normalized spacial score (nSPS) is 23.0. The number of aliphatic hydroxyl groups is 1. The molecular weight excluding hydrogens is 398 g/mol. The third kappa shape index (κ3) is 8.51. The SMILES string of the molecule is C[C@H]1CNC(=O)[C@@H](CC(=O)N(CCO)Cc2ccccc2)CC=CCC[C@H](N)C(=O)O1. The van der Waals surface area contributed by atoms with Gasteiger partial charge in [-0.1, -0.05) is 42.5 Å². The van der Waals surface area contributed by atoms with E-state index in [1.165, 1.54) is 0 Å². The van der Waals surface area contributed by atoms with E-state index in [1.807, 2.05) is 42.5 Å². The van der Waals surface area contributed by atoms with Crippen molar-refractivity contribution in [3.8, 4) is 0 Å². The number of ether oxygens (including phenoxy) is 1. The largest absolute Gasteiger partial charge is 0.460 e. The summed E-state index contributed by atoms with van der Waals surface area (Å²) in [6, 6.07) is 8.82. The summed E-state index contributed by atoms with van der Waals surface area (Å²) >= 11 is 0. The van der Waals surface area contributed by atoms with Gasteiger partial charge in [-0.3, -0.25) is 14.4 Å². The molecule has 1 aliphatic rings. The van der Waals surface area contributed by atoms with Gasteiger partial charge in [-0.25, -0.2) is 0 Å². The maximum Gasteiger partial charge on any atom is 0.323 e. The average Bonchev–Trinajstić information content (AvgIpc) is 2.76. The molecule has 0 unspecified atom stereocenters. The molecule has 4 N–H and O–H groups in total. The van der Waals surface area contributed by atoms with Crippen LogP contribution >= 0.6 is 0 Å². The minimum atomic E-state index is -0.703. The van der Waals surface area contributed by atoms with E-state index in [-0.39, 0.29) is 37.9 Å². The molecule has 0 bridgehead atoms. The molecule has 1 aromatic rings. The molecule has 3 atom stereocenters. The van der Waals surface area contributed by atoms with Gasteiger partial charge in [0.1, 0.15) is 12.1 Å². The Balaban J connectivity index is 2.07. The van der Waals surface area contributed by atoms with Crippen LogP contribution in [0.25, 0.3) is 0 Å². The van der Waals surface area contributed by atoms with E-state index in [2.05, 4.69) is 5.32 Å². The second-order valence-electron chi connectivity index (χ2n) is 7.81. The number of carbonyl (C=O) groups is 3. The summed E-state index contributed by atoms with van der Waals surface area (Å²) in [5.41, 5.74) is 6.79. The number of carbonyl (C=O) groups excluding carboxylic acids is 3. The van der Waals surface area contributed by atoms with Gasteiger partial charge in [0.2, 0.25) is 11.8 Å². The Morgan fingerprint density at radius 1 is 1.26 bits per heavy atom. The van der Waals surface area contributed by atoms with E-state index in [9.17, 15) is 19.5 Å². The van der Waals surface area contributed by atoms with Crippen molar-refractivity contribution in [2.45, 2.75) is 51.3 Å². The van der Waals surface area contributed by atoms with Crippen LogP contribution in [-0.2, 0) is 25.7 Å². The zero-order valence-corrected chi connectivity index (χ0v) is 18.0. The average molecular weight is 432 g/mol. The van der Waals surface area contributed by atoms with Crippen molar-refractivity contribution < 1.29 is 24.2 Å². The first-order chi connectivity index (χ1) is 14.9. The Hall–Kier alpha value is -2.71. The van der Waals surface area contributed by atoms with Gasteiger partial charge < -0.3 is 25.8 Å². The second-order valence-corrected chi connectivity index (χ2v) is 7.81. The Morgan fingerprint density at radius 3 is 2.71 bits per heavy atom. The topological polar surface area (TPSA) is 122 Å². The molecule has 8 nitrogen and oxygen atoms in total. The highest BCUT2D eigenvalue weighted by Crippen LogP contribution is 2.16. The molecule has 0 saturated heterocycles. The third-order valence-electron chi connectivity index (χ3n) is 5.15. The fraction of sp³-hybridized carbons (Fsp3) is 0.522. The van der Waals surface area contributed by atoms with Gasteiger partial charge in [-0.2, -0.15) is 0 Å². The van der Waals surface area contributed by atoms with E-state index in [0.717, 1.165) is 5.56 Å². The molecule has 1 heterocycles. The number of amides is 2. The predicted octanol–water partition coefficient (Wildman–Crippen LogP) is 1.13. The Labute approximate surface area is 183 Å². The van der Waals surface area contributed by atoms with Gasteiger partial charge in [0.25, 0.3) is 0 Å². The van der Waals surface area contributed by atoms with Gasteiger partial charge >= 0.3 is 5.97 Å². The van der Waals surface area contributed by atoms with Crippen molar-refractivity contribution in [1.29, 1.82) is 0 Å². The molecule has 0 saturated carbocycles. The molecule has 31 heavy (non-hydrogen) atoms. The number of hydrogen-bond donors (Lipinski definition) is 3. The lowest BCUT2D eigenvalue weighted by Gasteiger charge is -2.24. The molecule has 0 radical (unpaired) electrons. The van der Waals surface area contributed by atoms with Crippen molar-refractivity contribution in [1.82, 2.24) is 10.2 Å². The van der Waals surface area contributed by atoms with E-state index in [4.69, 9.17) is 10.5 Å².